The largest absolute Gasteiger partial charge is 0.332 e. The predicted molar refractivity (Wildman–Crippen MR) is 62.4 cm³/mol. The van der Waals surface area contributed by atoms with E-state index >= 15 is 0 Å². The lowest BCUT2D eigenvalue weighted by Crippen LogP contribution is -2.35. The van der Waals surface area contributed by atoms with E-state index in [9.17, 15) is 0 Å². The van der Waals surface area contributed by atoms with Crippen molar-refractivity contribution in [2.45, 2.75) is 39.3 Å². The molecule has 1 N–H and O–H groups in total. The Kier molecular flexibility index (Phi) is 3.93. The molecule has 1 rings (SSSR count). The van der Waals surface area contributed by atoms with Gasteiger partial charge in [0.15, 0.2) is 0 Å². The molecule has 15 heavy (non-hydrogen) atoms. The van der Waals surface area contributed by atoms with Gasteiger partial charge in [0.05, 0.1) is 17.6 Å². The van der Waals surface area contributed by atoms with Crippen molar-refractivity contribution in [2.75, 3.05) is 7.05 Å². The minimum absolute atomic E-state index is 0.0455. The van der Waals surface area contributed by atoms with Crippen LogP contribution in [-0.2, 0) is 12.1 Å². The molecule has 0 fully saturated rings. The number of nitrogens with zero attached hydrogens (tertiary/aromatic N) is 2. The molecule has 0 unspecified atom stereocenters. The average molecular weight is 205 g/mol. The molecule has 0 aliphatic rings. The average Bonchev–Trinajstić information content (AvgIpc) is 2.67. The molecule has 0 saturated heterocycles. The monoisotopic (exact) mass is 205 g/mol. The molecule has 1 aromatic heterocycles. The highest BCUT2D eigenvalue weighted by atomic mass is 15.1. The molecule has 0 amide bonds. The zero-order valence-electron chi connectivity index (χ0n) is 9.96. The highest BCUT2D eigenvalue weighted by molar-refractivity contribution is 5.11. The van der Waals surface area contributed by atoms with Crippen LogP contribution < -0.4 is 5.32 Å². The van der Waals surface area contributed by atoms with Crippen LogP contribution in [0.5, 0.6) is 0 Å². The Hall–Kier alpha value is -1.27. The lowest BCUT2D eigenvalue weighted by atomic mass is 10.0. The van der Waals surface area contributed by atoms with Crippen LogP contribution in [0.25, 0.3) is 0 Å². The fourth-order valence-electron chi connectivity index (χ4n) is 1.45. The van der Waals surface area contributed by atoms with Gasteiger partial charge >= 0.3 is 0 Å². The summed E-state index contributed by atoms with van der Waals surface area (Å²) in [6, 6.07) is 0. The van der Waals surface area contributed by atoms with Crippen LogP contribution in [0.2, 0.25) is 0 Å². The van der Waals surface area contributed by atoms with Crippen LogP contribution >= 0.6 is 0 Å². The molecular formula is C12H19N3. The zero-order chi connectivity index (χ0) is 11.3. The maximum atomic E-state index is 4.19. The summed E-state index contributed by atoms with van der Waals surface area (Å²) in [6.45, 7) is 7.06. The summed E-state index contributed by atoms with van der Waals surface area (Å²) in [6.07, 6.45) is 4.65. The molecule has 0 atom stereocenters. The third kappa shape index (κ3) is 2.84. The number of hydrogen-bond donors (Lipinski definition) is 1. The Balaban J connectivity index is 2.80. The number of hydrogen-bond acceptors (Lipinski definition) is 2. The highest BCUT2D eigenvalue weighted by Gasteiger charge is 2.21. The topological polar surface area (TPSA) is 29.9 Å². The molecule has 0 spiro atoms. The summed E-state index contributed by atoms with van der Waals surface area (Å²) < 4.78 is 2.15. The third-order valence-corrected chi connectivity index (χ3v) is 2.63. The first-order chi connectivity index (χ1) is 7.11. The number of nitrogens with one attached hydrogen (secondary N) is 1. The van der Waals surface area contributed by atoms with Gasteiger partial charge in [-0.25, -0.2) is 4.98 Å². The van der Waals surface area contributed by atoms with E-state index in [-0.39, 0.29) is 5.54 Å². The van der Waals surface area contributed by atoms with Crippen LogP contribution in [0.3, 0.4) is 0 Å². The summed E-state index contributed by atoms with van der Waals surface area (Å²) in [4.78, 5) is 4.19. The van der Waals surface area contributed by atoms with E-state index < -0.39 is 0 Å². The van der Waals surface area contributed by atoms with Gasteiger partial charge in [0.25, 0.3) is 0 Å². The van der Waals surface area contributed by atoms with E-state index in [4.69, 9.17) is 0 Å². The Labute approximate surface area is 91.9 Å². The van der Waals surface area contributed by atoms with Crippen molar-refractivity contribution in [1.82, 2.24) is 14.9 Å². The summed E-state index contributed by atoms with van der Waals surface area (Å²) in [5, 5.41) is 3.28. The van der Waals surface area contributed by atoms with Crippen LogP contribution in [0.4, 0.5) is 0 Å². The number of rotatable bonds is 4. The molecule has 3 nitrogen and oxygen atoms in total. The molecule has 0 bridgehead atoms. The predicted octanol–water partition coefficient (Wildman–Crippen LogP) is 1.75. The van der Waals surface area contributed by atoms with E-state index in [1.165, 1.54) is 5.69 Å². The van der Waals surface area contributed by atoms with Crippen molar-refractivity contribution < 1.29 is 0 Å². The lowest BCUT2D eigenvalue weighted by molar-refractivity contribution is 0.409. The fraction of sp³-hybridized carbons (Fsp3) is 0.583. The van der Waals surface area contributed by atoms with Crippen LogP contribution in [0, 0.1) is 11.8 Å². The molecule has 1 heterocycles. The minimum Gasteiger partial charge on any atom is -0.332 e. The fourth-order valence-corrected chi connectivity index (χ4v) is 1.45. The molecule has 1 aromatic rings. The van der Waals surface area contributed by atoms with Gasteiger partial charge < -0.3 is 9.88 Å². The minimum atomic E-state index is -0.0455. The first kappa shape index (κ1) is 11.8. The first-order valence-corrected chi connectivity index (χ1v) is 5.21. The zero-order valence-corrected chi connectivity index (χ0v) is 9.96. The standard InChI is InChI=1S/C12H19N3/c1-5-6-7-8-15-10-14-9-11(15)12(2,3)13-4/h9-10,13H,7-8H2,1-4H3. The van der Waals surface area contributed by atoms with Crippen molar-refractivity contribution in [3.05, 3.63) is 18.2 Å². The van der Waals surface area contributed by atoms with Gasteiger partial charge in [-0.2, -0.15) is 0 Å². The van der Waals surface area contributed by atoms with Gasteiger partial charge in [0.2, 0.25) is 0 Å². The summed E-state index contributed by atoms with van der Waals surface area (Å²) in [5.41, 5.74) is 1.15. The molecule has 0 saturated carbocycles. The van der Waals surface area contributed by atoms with Crippen molar-refractivity contribution in [3.63, 3.8) is 0 Å². The number of imidazole rings is 1. The molecule has 0 radical (unpaired) electrons. The first-order valence-electron chi connectivity index (χ1n) is 5.21. The molecule has 0 aromatic carbocycles. The smallest absolute Gasteiger partial charge is 0.0949 e. The van der Waals surface area contributed by atoms with Crippen LogP contribution in [0.15, 0.2) is 12.5 Å². The van der Waals surface area contributed by atoms with Gasteiger partial charge in [0.1, 0.15) is 0 Å². The number of aryl methyl sites for hydroxylation is 1. The maximum absolute atomic E-state index is 4.19. The van der Waals surface area contributed by atoms with Gasteiger partial charge in [-0.15, -0.1) is 11.8 Å². The highest BCUT2D eigenvalue weighted by Crippen LogP contribution is 2.18. The van der Waals surface area contributed by atoms with Gasteiger partial charge in [0, 0.05) is 19.2 Å². The Morgan fingerprint density at radius 3 is 2.87 bits per heavy atom. The van der Waals surface area contributed by atoms with Crippen LogP contribution in [-0.4, -0.2) is 16.6 Å². The second-order valence-electron chi connectivity index (χ2n) is 4.02. The van der Waals surface area contributed by atoms with E-state index in [0.29, 0.717) is 0 Å². The lowest BCUT2D eigenvalue weighted by Gasteiger charge is -2.25. The van der Waals surface area contributed by atoms with E-state index in [1.54, 1.807) is 0 Å². The molecule has 0 aliphatic heterocycles. The SMILES string of the molecule is CC#CCCn1cncc1C(C)(C)NC. The van der Waals surface area contributed by atoms with Crippen molar-refractivity contribution >= 4 is 0 Å². The second kappa shape index (κ2) is 4.99. The molecule has 0 aliphatic carbocycles. The van der Waals surface area contributed by atoms with Crippen LogP contribution in [0.1, 0.15) is 32.9 Å². The third-order valence-electron chi connectivity index (χ3n) is 2.63. The van der Waals surface area contributed by atoms with Crippen molar-refractivity contribution in [2.24, 2.45) is 0 Å². The van der Waals surface area contributed by atoms with Gasteiger partial charge in [-0.1, -0.05) is 0 Å². The number of aromatic nitrogens is 2. The normalized spacial score (nSPS) is 10.9. The van der Waals surface area contributed by atoms with Gasteiger partial charge in [-0.3, -0.25) is 0 Å². The Morgan fingerprint density at radius 2 is 2.27 bits per heavy atom. The van der Waals surface area contributed by atoms with Gasteiger partial charge in [-0.05, 0) is 27.8 Å². The summed E-state index contributed by atoms with van der Waals surface area (Å²) >= 11 is 0. The molecule has 82 valence electrons. The quantitative estimate of drug-likeness (QED) is 0.759. The Morgan fingerprint density at radius 1 is 1.53 bits per heavy atom. The van der Waals surface area contributed by atoms with Crippen molar-refractivity contribution in [1.29, 1.82) is 0 Å². The summed E-state index contributed by atoms with van der Waals surface area (Å²) in [7, 11) is 1.96. The molecule has 3 heteroatoms. The van der Waals surface area contributed by atoms with E-state index in [1.807, 2.05) is 26.5 Å². The Bertz CT molecular complexity index is 366. The summed E-state index contributed by atoms with van der Waals surface area (Å²) in [5.74, 6) is 5.97. The van der Waals surface area contributed by atoms with E-state index in [2.05, 4.69) is 40.6 Å². The molecular weight excluding hydrogens is 186 g/mol. The van der Waals surface area contributed by atoms with E-state index in [0.717, 1.165) is 13.0 Å². The maximum Gasteiger partial charge on any atom is 0.0949 e. The van der Waals surface area contributed by atoms with Crippen molar-refractivity contribution in [3.8, 4) is 11.8 Å². The second-order valence-corrected chi connectivity index (χ2v) is 4.02.